The molecule has 8 heteroatoms. The number of likely N-dealkylation sites (N-methyl/N-ethyl adjacent to an activating group) is 1. The van der Waals surface area contributed by atoms with Crippen molar-refractivity contribution in [1.29, 1.82) is 0 Å². The number of benzene rings is 1. The molecular weight excluding hydrogens is 404 g/mol. The summed E-state index contributed by atoms with van der Waals surface area (Å²) < 4.78 is 8.08. The minimum Gasteiger partial charge on any atom is -0.474 e. The molecule has 2 saturated heterocycles. The van der Waals surface area contributed by atoms with Gasteiger partial charge in [-0.3, -0.25) is 9.48 Å². The lowest BCUT2D eigenvalue weighted by molar-refractivity contribution is -0.119. The Morgan fingerprint density at radius 1 is 1.12 bits per heavy atom. The van der Waals surface area contributed by atoms with E-state index < -0.39 is 0 Å². The standard InChI is InChI=1S/C24H30N6O2/c1-16(18-12-23(31)25-14-18)32-24-20-15-29(3)27-22(20)13-21(26-24)17-4-6-19(7-5-17)30-10-8-28(2)9-11-30/h4-7,13,15-16,18H,8-12,14H2,1-3H3,(H,25,31)/t16?,18-/m1/s1. The van der Waals surface area contributed by atoms with Crippen LogP contribution in [-0.4, -0.2) is 71.4 Å². The molecule has 2 aliphatic rings. The van der Waals surface area contributed by atoms with E-state index in [0.717, 1.165) is 48.3 Å². The Labute approximate surface area is 188 Å². The van der Waals surface area contributed by atoms with Crippen LogP contribution in [0.5, 0.6) is 5.88 Å². The first kappa shape index (κ1) is 20.8. The van der Waals surface area contributed by atoms with Gasteiger partial charge in [-0.05, 0) is 32.2 Å². The van der Waals surface area contributed by atoms with E-state index in [2.05, 4.69) is 51.5 Å². The van der Waals surface area contributed by atoms with Crippen molar-refractivity contribution in [2.75, 3.05) is 44.7 Å². The highest BCUT2D eigenvalue weighted by atomic mass is 16.5. The number of hydrogen-bond donors (Lipinski definition) is 1. The van der Waals surface area contributed by atoms with Crippen molar-refractivity contribution < 1.29 is 9.53 Å². The van der Waals surface area contributed by atoms with Crippen LogP contribution in [0.1, 0.15) is 13.3 Å². The number of aromatic nitrogens is 3. The molecule has 2 aliphatic heterocycles. The van der Waals surface area contributed by atoms with E-state index in [1.54, 1.807) is 4.68 Å². The molecule has 0 radical (unpaired) electrons. The lowest BCUT2D eigenvalue weighted by atomic mass is 10.0. The summed E-state index contributed by atoms with van der Waals surface area (Å²) in [6.45, 7) is 6.90. The summed E-state index contributed by atoms with van der Waals surface area (Å²) in [6, 6.07) is 10.6. The van der Waals surface area contributed by atoms with E-state index in [0.29, 0.717) is 18.8 Å². The molecule has 5 rings (SSSR count). The zero-order valence-electron chi connectivity index (χ0n) is 18.9. The summed E-state index contributed by atoms with van der Waals surface area (Å²) in [6.07, 6.45) is 2.30. The lowest BCUT2D eigenvalue weighted by Gasteiger charge is -2.34. The molecule has 0 aliphatic carbocycles. The van der Waals surface area contributed by atoms with Crippen LogP contribution >= 0.6 is 0 Å². The van der Waals surface area contributed by atoms with E-state index in [9.17, 15) is 4.79 Å². The Morgan fingerprint density at radius 3 is 2.56 bits per heavy atom. The normalized spacial score (nSPS) is 20.5. The summed E-state index contributed by atoms with van der Waals surface area (Å²) in [4.78, 5) is 21.3. The lowest BCUT2D eigenvalue weighted by Crippen LogP contribution is -2.44. The molecule has 0 spiro atoms. The fraction of sp³-hybridized carbons (Fsp3) is 0.458. The molecule has 2 atom stereocenters. The Kier molecular flexibility index (Phi) is 5.46. The summed E-state index contributed by atoms with van der Waals surface area (Å²) >= 11 is 0. The zero-order valence-corrected chi connectivity index (χ0v) is 18.9. The monoisotopic (exact) mass is 434 g/mol. The highest BCUT2D eigenvalue weighted by Crippen LogP contribution is 2.31. The first-order valence-electron chi connectivity index (χ1n) is 11.3. The second-order valence-corrected chi connectivity index (χ2v) is 8.98. The van der Waals surface area contributed by atoms with E-state index in [-0.39, 0.29) is 17.9 Å². The Balaban J connectivity index is 1.42. The first-order chi connectivity index (χ1) is 15.5. The Bertz CT molecular complexity index is 1120. The predicted octanol–water partition coefficient (Wildman–Crippen LogP) is 2.29. The summed E-state index contributed by atoms with van der Waals surface area (Å²) in [5.74, 6) is 0.794. The van der Waals surface area contributed by atoms with Crippen LogP contribution < -0.4 is 15.0 Å². The van der Waals surface area contributed by atoms with Crippen LogP contribution in [0.25, 0.3) is 22.2 Å². The van der Waals surface area contributed by atoms with Crippen molar-refractivity contribution >= 4 is 22.5 Å². The number of hydrogen-bond acceptors (Lipinski definition) is 6. The molecule has 1 amide bonds. The largest absolute Gasteiger partial charge is 0.474 e. The van der Waals surface area contributed by atoms with Crippen molar-refractivity contribution in [2.24, 2.45) is 13.0 Å². The van der Waals surface area contributed by atoms with Gasteiger partial charge in [-0.2, -0.15) is 5.10 Å². The number of anilines is 1. The molecular formula is C24H30N6O2. The fourth-order valence-corrected chi connectivity index (χ4v) is 4.49. The molecule has 3 aromatic rings. The van der Waals surface area contributed by atoms with Gasteiger partial charge < -0.3 is 19.9 Å². The molecule has 0 bridgehead atoms. The average Bonchev–Trinajstić information content (AvgIpc) is 3.39. The number of fused-ring (bicyclic) bond motifs is 1. The molecule has 32 heavy (non-hydrogen) atoms. The van der Waals surface area contributed by atoms with Crippen molar-refractivity contribution in [3.05, 3.63) is 36.5 Å². The maximum absolute atomic E-state index is 11.6. The molecule has 1 unspecified atom stereocenters. The van der Waals surface area contributed by atoms with Gasteiger partial charge in [-0.25, -0.2) is 4.98 Å². The van der Waals surface area contributed by atoms with Gasteiger partial charge in [0.1, 0.15) is 6.10 Å². The molecule has 2 aromatic heterocycles. The number of aryl methyl sites for hydroxylation is 1. The zero-order chi connectivity index (χ0) is 22.2. The second kappa shape index (κ2) is 8.43. The number of nitrogens with one attached hydrogen (secondary N) is 1. The van der Waals surface area contributed by atoms with Gasteiger partial charge in [0.25, 0.3) is 0 Å². The molecule has 4 heterocycles. The molecule has 0 saturated carbocycles. The van der Waals surface area contributed by atoms with Gasteiger partial charge >= 0.3 is 0 Å². The molecule has 1 N–H and O–H groups in total. The van der Waals surface area contributed by atoms with Gasteiger partial charge in [0.15, 0.2) is 0 Å². The van der Waals surface area contributed by atoms with Crippen LogP contribution in [0.3, 0.4) is 0 Å². The van der Waals surface area contributed by atoms with Crippen LogP contribution in [0.15, 0.2) is 36.5 Å². The van der Waals surface area contributed by atoms with E-state index in [1.807, 2.05) is 26.2 Å². The highest BCUT2D eigenvalue weighted by molar-refractivity contribution is 5.87. The molecule has 168 valence electrons. The van der Waals surface area contributed by atoms with Gasteiger partial charge in [-0.15, -0.1) is 0 Å². The summed E-state index contributed by atoms with van der Waals surface area (Å²) in [5.41, 5.74) is 3.96. The number of pyridine rings is 1. The highest BCUT2D eigenvalue weighted by Gasteiger charge is 2.29. The molecule has 8 nitrogen and oxygen atoms in total. The number of amides is 1. The quantitative estimate of drug-likeness (QED) is 0.664. The minimum atomic E-state index is -0.125. The van der Waals surface area contributed by atoms with Crippen molar-refractivity contribution in [3.63, 3.8) is 0 Å². The number of ether oxygens (including phenoxy) is 1. The van der Waals surface area contributed by atoms with Gasteiger partial charge in [-0.1, -0.05) is 12.1 Å². The Hall–Kier alpha value is -3.13. The summed E-state index contributed by atoms with van der Waals surface area (Å²) in [5, 5.41) is 8.36. The maximum atomic E-state index is 11.6. The topological polar surface area (TPSA) is 75.5 Å². The number of piperazine rings is 1. The van der Waals surface area contributed by atoms with Crippen LogP contribution in [0.4, 0.5) is 5.69 Å². The second-order valence-electron chi connectivity index (χ2n) is 8.98. The van der Waals surface area contributed by atoms with Gasteiger partial charge in [0.2, 0.25) is 11.8 Å². The predicted molar refractivity (Wildman–Crippen MR) is 125 cm³/mol. The average molecular weight is 435 g/mol. The molecule has 1 aromatic carbocycles. The van der Waals surface area contributed by atoms with E-state index >= 15 is 0 Å². The van der Waals surface area contributed by atoms with Crippen molar-refractivity contribution in [2.45, 2.75) is 19.4 Å². The van der Waals surface area contributed by atoms with Crippen molar-refractivity contribution in [3.8, 4) is 17.1 Å². The summed E-state index contributed by atoms with van der Waals surface area (Å²) in [7, 11) is 4.07. The fourth-order valence-electron chi connectivity index (χ4n) is 4.49. The Morgan fingerprint density at radius 2 is 1.88 bits per heavy atom. The number of carbonyl (C=O) groups is 1. The number of nitrogens with zero attached hydrogens (tertiary/aromatic N) is 5. The maximum Gasteiger partial charge on any atom is 0.225 e. The third kappa shape index (κ3) is 4.14. The third-order valence-corrected chi connectivity index (χ3v) is 6.59. The SMILES string of the molecule is CC(Oc1nc(-c2ccc(N3CCN(C)CC3)cc2)cc2nn(C)cc12)[C@H]1CNC(=O)C1. The van der Waals surface area contributed by atoms with E-state index in [1.165, 1.54) is 5.69 Å². The van der Waals surface area contributed by atoms with Crippen molar-refractivity contribution in [1.82, 2.24) is 25.0 Å². The van der Waals surface area contributed by atoms with Crippen LogP contribution in [0.2, 0.25) is 0 Å². The van der Waals surface area contributed by atoms with Crippen LogP contribution in [-0.2, 0) is 11.8 Å². The minimum absolute atomic E-state index is 0.0825. The van der Waals surface area contributed by atoms with Gasteiger partial charge in [0.05, 0.1) is 16.6 Å². The van der Waals surface area contributed by atoms with Gasteiger partial charge in [0, 0.05) is 69.6 Å². The number of carbonyl (C=O) groups excluding carboxylic acids is 1. The smallest absolute Gasteiger partial charge is 0.225 e. The third-order valence-electron chi connectivity index (χ3n) is 6.59. The first-order valence-corrected chi connectivity index (χ1v) is 11.3. The van der Waals surface area contributed by atoms with E-state index in [4.69, 9.17) is 9.72 Å². The number of rotatable bonds is 5. The van der Waals surface area contributed by atoms with Crippen LogP contribution in [0, 0.1) is 5.92 Å². The molecule has 2 fully saturated rings.